The molecule has 0 aliphatic carbocycles. The normalized spacial score (nSPS) is 10.9. The second-order valence-electron chi connectivity index (χ2n) is 8.27. The number of rotatable bonds is 6. The summed E-state index contributed by atoms with van der Waals surface area (Å²) >= 11 is 0. The van der Waals surface area contributed by atoms with Gasteiger partial charge in [0.2, 0.25) is 5.95 Å². The fourth-order valence-electron chi connectivity index (χ4n) is 4.01. The molecule has 3 heterocycles. The Morgan fingerprint density at radius 1 is 1.03 bits per heavy atom. The van der Waals surface area contributed by atoms with Gasteiger partial charge in [-0.05, 0) is 56.0 Å². The van der Waals surface area contributed by atoms with Gasteiger partial charge in [-0.25, -0.2) is 9.97 Å². The molecule has 8 nitrogen and oxygen atoms in total. The third kappa shape index (κ3) is 4.59. The van der Waals surface area contributed by atoms with Crippen LogP contribution in [-0.4, -0.2) is 30.6 Å². The second kappa shape index (κ2) is 9.34. The molecule has 0 bridgehead atoms. The van der Waals surface area contributed by atoms with E-state index in [1.54, 1.807) is 16.9 Å². The maximum atomic E-state index is 12.8. The van der Waals surface area contributed by atoms with Crippen molar-refractivity contribution < 1.29 is 4.79 Å². The lowest BCUT2D eigenvalue weighted by molar-refractivity contribution is 0.101. The van der Waals surface area contributed by atoms with E-state index >= 15 is 0 Å². The SMILES string of the molecule is CCn1nc(C)cc1C(=O)Nc1ccc(C)c(Nc2nccc(-c3cncc4ccccc34)n2)c1. The van der Waals surface area contributed by atoms with E-state index in [-0.39, 0.29) is 5.91 Å². The highest BCUT2D eigenvalue weighted by molar-refractivity contribution is 6.03. The molecule has 0 aliphatic heterocycles. The number of pyridine rings is 1. The van der Waals surface area contributed by atoms with Crippen molar-refractivity contribution in [3.05, 3.63) is 90.1 Å². The number of hydrogen-bond donors (Lipinski definition) is 2. The predicted octanol–water partition coefficient (Wildman–Crippen LogP) is 5.52. The summed E-state index contributed by atoms with van der Waals surface area (Å²) in [5.74, 6) is 0.255. The van der Waals surface area contributed by atoms with Crippen molar-refractivity contribution in [1.29, 1.82) is 0 Å². The number of benzene rings is 2. The number of nitrogens with one attached hydrogen (secondary N) is 2. The summed E-state index contributed by atoms with van der Waals surface area (Å²) in [6, 6.07) is 17.4. The molecule has 0 aliphatic rings. The van der Waals surface area contributed by atoms with Crippen LogP contribution < -0.4 is 10.6 Å². The molecule has 174 valence electrons. The topological polar surface area (TPSA) is 97.6 Å². The van der Waals surface area contributed by atoms with Gasteiger partial charge in [0.05, 0.1) is 11.4 Å². The number of carbonyl (C=O) groups excluding carboxylic acids is 1. The van der Waals surface area contributed by atoms with Crippen LogP contribution >= 0.6 is 0 Å². The van der Waals surface area contributed by atoms with Crippen LogP contribution in [0.5, 0.6) is 0 Å². The highest BCUT2D eigenvalue weighted by atomic mass is 16.2. The van der Waals surface area contributed by atoms with Gasteiger partial charge < -0.3 is 10.6 Å². The Morgan fingerprint density at radius 3 is 2.74 bits per heavy atom. The number of amides is 1. The molecule has 0 atom stereocenters. The predicted molar refractivity (Wildman–Crippen MR) is 138 cm³/mol. The van der Waals surface area contributed by atoms with Crippen LogP contribution in [0.3, 0.4) is 0 Å². The first kappa shape index (κ1) is 22.2. The summed E-state index contributed by atoms with van der Waals surface area (Å²) in [6.45, 7) is 6.44. The van der Waals surface area contributed by atoms with Crippen molar-refractivity contribution in [2.45, 2.75) is 27.3 Å². The standard InChI is InChI=1S/C27H25N7O/c1-4-34-25(13-18(3)33-34)26(35)30-20-10-9-17(2)24(14-20)32-27-29-12-11-23(31-27)22-16-28-15-19-7-5-6-8-21(19)22/h5-16H,4H2,1-3H3,(H,30,35)(H,29,31,32). The number of fused-ring (bicyclic) bond motifs is 1. The van der Waals surface area contributed by atoms with Crippen LogP contribution in [0.15, 0.2) is 73.2 Å². The summed E-state index contributed by atoms with van der Waals surface area (Å²) in [6.07, 6.45) is 5.39. The van der Waals surface area contributed by atoms with Crippen LogP contribution in [0.1, 0.15) is 28.7 Å². The molecule has 0 saturated heterocycles. The Bertz CT molecular complexity index is 1530. The maximum absolute atomic E-state index is 12.8. The first-order chi connectivity index (χ1) is 17.0. The second-order valence-corrected chi connectivity index (χ2v) is 8.27. The number of carbonyl (C=O) groups is 1. The Balaban J connectivity index is 1.41. The molecule has 3 aromatic heterocycles. The minimum Gasteiger partial charge on any atom is -0.324 e. The Labute approximate surface area is 203 Å². The highest BCUT2D eigenvalue weighted by Gasteiger charge is 2.14. The molecule has 5 rings (SSSR count). The van der Waals surface area contributed by atoms with Gasteiger partial charge in [0.25, 0.3) is 5.91 Å². The van der Waals surface area contributed by atoms with E-state index in [1.165, 1.54) is 0 Å². The fraction of sp³-hybridized carbons (Fsp3) is 0.148. The molecule has 8 heteroatoms. The quantitative estimate of drug-likeness (QED) is 0.344. The first-order valence-electron chi connectivity index (χ1n) is 11.4. The number of aryl methyl sites for hydroxylation is 3. The monoisotopic (exact) mass is 463 g/mol. The van der Waals surface area contributed by atoms with Crippen molar-refractivity contribution in [2.75, 3.05) is 10.6 Å². The first-order valence-corrected chi connectivity index (χ1v) is 11.4. The van der Waals surface area contributed by atoms with E-state index in [2.05, 4.69) is 31.8 Å². The summed E-state index contributed by atoms with van der Waals surface area (Å²) in [5.41, 5.74) is 5.51. The third-order valence-corrected chi connectivity index (χ3v) is 5.78. The molecule has 0 radical (unpaired) electrons. The number of nitrogens with zero attached hydrogens (tertiary/aromatic N) is 5. The molecular weight excluding hydrogens is 438 g/mol. The largest absolute Gasteiger partial charge is 0.324 e. The van der Waals surface area contributed by atoms with Crippen LogP contribution in [0, 0.1) is 13.8 Å². The lowest BCUT2D eigenvalue weighted by atomic mass is 10.1. The molecule has 0 fully saturated rings. The van der Waals surface area contributed by atoms with Gasteiger partial charge in [-0.2, -0.15) is 5.10 Å². The summed E-state index contributed by atoms with van der Waals surface area (Å²) in [4.78, 5) is 26.4. The summed E-state index contributed by atoms with van der Waals surface area (Å²) in [5, 5.41) is 12.8. The highest BCUT2D eigenvalue weighted by Crippen LogP contribution is 2.28. The molecular formula is C27H25N7O. The average Bonchev–Trinajstić information content (AvgIpc) is 3.27. The van der Waals surface area contributed by atoms with E-state index in [0.29, 0.717) is 23.9 Å². The molecule has 1 amide bonds. The zero-order valence-corrected chi connectivity index (χ0v) is 19.8. The van der Waals surface area contributed by atoms with Crippen LogP contribution in [0.4, 0.5) is 17.3 Å². The van der Waals surface area contributed by atoms with Gasteiger partial charge in [0, 0.05) is 47.5 Å². The zero-order chi connectivity index (χ0) is 24.4. The Morgan fingerprint density at radius 2 is 1.89 bits per heavy atom. The van der Waals surface area contributed by atoms with Crippen molar-refractivity contribution in [3.8, 4) is 11.3 Å². The molecule has 0 unspecified atom stereocenters. The summed E-state index contributed by atoms with van der Waals surface area (Å²) in [7, 11) is 0. The van der Waals surface area contributed by atoms with Gasteiger partial charge >= 0.3 is 0 Å². The number of anilines is 3. The molecule has 5 aromatic rings. The summed E-state index contributed by atoms with van der Waals surface area (Å²) < 4.78 is 1.69. The van der Waals surface area contributed by atoms with Gasteiger partial charge in [-0.3, -0.25) is 14.5 Å². The lowest BCUT2D eigenvalue weighted by Crippen LogP contribution is -2.17. The van der Waals surface area contributed by atoms with Crippen molar-refractivity contribution in [3.63, 3.8) is 0 Å². The average molecular weight is 464 g/mol. The van der Waals surface area contributed by atoms with Gasteiger partial charge in [0.1, 0.15) is 5.69 Å². The zero-order valence-electron chi connectivity index (χ0n) is 19.8. The lowest BCUT2D eigenvalue weighted by Gasteiger charge is -2.13. The van der Waals surface area contributed by atoms with Gasteiger partial charge in [-0.1, -0.05) is 30.3 Å². The van der Waals surface area contributed by atoms with Crippen LogP contribution in [0.2, 0.25) is 0 Å². The van der Waals surface area contributed by atoms with E-state index in [4.69, 9.17) is 4.98 Å². The number of hydrogen-bond acceptors (Lipinski definition) is 6. The molecule has 2 N–H and O–H groups in total. The van der Waals surface area contributed by atoms with Crippen LogP contribution in [0.25, 0.3) is 22.0 Å². The Hall–Kier alpha value is -4.59. The van der Waals surface area contributed by atoms with E-state index in [0.717, 1.165) is 39.0 Å². The number of aromatic nitrogens is 5. The van der Waals surface area contributed by atoms with Gasteiger partial charge in [-0.15, -0.1) is 0 Å². The molecule has 2 aromatic carbocycles. The van der Waals surface area contributed by atoms with E-state index in [1.807, 2.05) is 75.6 Å². The van der Waals surface area contributed by atoms with E-state index in [9.17, 15) is 4.79 Å². The minimum atomic E-state index is -0.205. The van der Waals surface area contributed by atoms with Crippen molar-refractivity contribution in [1.82, 2.24) is 24.7 Å². The van der Waals surface area contributed by atoms with Gasteiger partial charge in [0.15, 0.2) is 0 Å². The van der Waals surface area contributed by atoms with Crippen molar-refractivity contribution in [2.24, 2.45) is 0 Å². The molecule has 0 spiro atoms. The fourth-order valence-corrected chi connectivity index (χ4v) is 4.01. The Kier molecular flexibility index (Phi) is 5.93. The smallest absolute Gasteiger partial charge is 0.273 e. The van der Waals surface area contributed by atoms with Crippen molar-refractivity contribution >= 4 is 34.0 Å². The minimum absolute atomic E-state index is 0.205. The third-order valence-electron chi connectivity index (χ3n) is 5.78. The molecule has 0 saturated carbocycles. The van der Waals surface area contributed by atoms with Crippen LogP contribution in [-0.2, 0) is 6.54 Å². The maximum Gasteiger partial charge on any atom is 0.273 e. The van der Waals surface area contributed by atoms with E-state index < -0.39 is 0 Å². The molecule has 35 heavy (non-hydrogen) atoms.